The first-order valence-electron chi connectivity index (χ1n) is 6.71. The van der Waals surface area contributed by atoms with Crippen LogP contribution in [0.5, 0.6) is 0 Å². The molecule has 0 spiro atoms. The second kappa shape index (κ2) is 23.5. The van der Waals surface area contributed by atoms with Crippen molar-refractivity contribution < 1.29 is 0 Å². The third-order valence-corrected chi connectivity index (χ3v) is 2.25. The molecule has 0 aromatic carbocycles. The van der Waals surface area contributed by atoms with E-state index in [0.717, 1.165) is 5.92 Å². The van der Waals surface area contributed by atoms with Crippen LogP contribution in [-0.2, 0) is 0 Å². The normalized spacial score (nSPS) is 10.3. The van der Waals surface area contributed by atoms with Gasteiger partial charge in [0.05, 0.1) is 0 Å². The predicted molar refractivity (Wildman–Crippen MR) is 75.4 cm³/mol. The zero-order valence-electron chi connectivity index (χ0n) is 12.1. The largest absolute Gasteiger partial charge is 0.103 e. The Hall–Kier alpha value is -0.260. The fraction of sp³-hybridized carbons (Fsp3) is 0.867. The summed E-state index contributed by atoms with van der Waals surface area (Å²) < 4.78 is 0. The highest BCUT2D eigenvalue weighted by Crippen LogP contribution is 2.09. The van der Waals surface area contributed by atoms with Gasteiger partial charge in [0.1, 0.15) is 0 Å². The average Bonchev–Trinajstić information content (AvgIpc) is 2.27. The Bertz CT molecular complexity index is 82.0. The molecule has 0 aliphatic heterocycles. The van der Waals surface area contributed by atoms with Gasteiger partial charge in [-0.3, -0.25) is 0 Å². The third kappa shape index (κ3) is 41.7. The maximum atomic E-state index is 3.36. The summed E-state index contributed by atoms with van der Waals surface area (Å²) in [4.78, 5) is 0. The second-order valence-corrected chi connectivity index (χ2v) is 4.06. The van der Waals surface area contributed by atoms with Gasteiger partial charge in [-0.05, 0) is 12.8 Å². The molecule has 0 amide bonds. The van der Waals surface area contributed by atoms with E-state index in [1.807, 2.05) is 6.92 Å². The van der Waals surface area contributed by atoms with E-state index in [4.69, 9.17) is 0 Å². The van der Waals surface area contributed by atoms with Gasteiger partial charge in [-0.15, -0.1) is 6.58 Å². The van der Waals surface area contributed by atoms with E-state index in [9.17, 15) is 0 Å². The van der Waals surface area contributed by atoms with Crippen LogP contribution in [0.4, 0.5) is 0 Å². The molecule has 1 atom stereocenters. The molecule has 0 radical (unpaired) electrons. The standard InChI is InChI=1S/C8H18.C4H10.C3H6/c1-4-6-7-8(3)5-2;1-3-4-2;1-3-2/h8H,4-7H2,1-3H3;3-4H2,1-2H3;3H,1H2,2H3. The fourth-order valence-corrected chi connectivity index (χ4v) is 0.757. The number of rotatable bonds is 5. The van der Waals surface area contributed by atoms with Gasteiger partial charge in [0, 0.05) is 0 Å². The smallest absolute Gasteiger partial charge is 0.0445 e. The third-order valence-electron chi connectivity index (χ3n) is 2.25. The second-order valence-electron chi connectivity index (χ2n) is 4.06. The molecule has 0 heterocycles. The van der Waals surface area contributed by atoms with Crippen molar-refractivity contribution in [1.82, 2.24) is 0 Å². The molecule has 1 unspecified atom stereocenters. The summed E-state index contributed by atoms with van der Waals surface area (Å²) in [7, 11) is 0. The fourth-order valence-electron chi connectivity index (χ4n) is 0.757. The first kappa shape index (κ1) is 20.2. The molecular weight excluding hydrogens is 180 g/mol. The van der Waals surface area contributed by atoms with Gasteiger partial charge in [0.25, 0.3) is 0 Å². The lowest BCUT2D eigenvalue weighted by molar-refractivity contribution is 0.492. The lowest BCUT2D eigenvalue weighted by Gasteiger charge is -2.04. The number of hydrogen-bond donors (Lipinski definition) is 0. The summed E-state index contributed by atoms with van der Waals surface area (Å²) >= 11 is 0. The molecule has 0 N–H and O–H groups in total. The van der Waals surface area contributed by atoms with E-state index in [2.05, 4.69) is 41.2 Å². The average molecular weight is 214 g/mol. The topological polar surface area (TPSA) is 0 Å². The van der Waals surface area contributed by atoms with Crippen molar-refractivity contribution >= 4 is 0 Å². The van der Waals surface area contributed by atoms with Crippen molar-refractivity contribution in [1.29, 1.82) is 0 Å². The zero-order valence-corrected chi connectivity index (χ0v) is 12.1. The van der Waals surface area contributed by atoms with Crippen molar-refractivity contribution in [3.05, 3.63) is 12.7 Å². The molecule has 0 aromatic rings. The molecule has 15 heavy (non-hydrogen) atoms. The zero-order chi connectivity index (χ0) is 12.5. The Balaban J connectivity index is -0.000000173. The summed E-state index contributed by atoms with van der Waals surface area (Å²) in [6, 6.07) is 0. The highest BCUT2D eigenvalue weighted by atomic mass is 14.0. The Morgan fingerprint density at radius 1 is 1.00 bits per heavy atom. The lowest BCUT2D eigenvalue weighted by Crippen LogP contribution is -1.89. The summed E-state index contributed by atoms with van der Waals surface area (Å²) in [5.41, 5.74) is 0. The van der Waals surface area contributed by atoms with Crippen molar-refractivity contribution in [3.63, 3.8) is 0 Å². The van der Waals surface area contributed by atoms with Crippen LogP contribution in [0.1, 0.15) is 80.1 Å². The van der Waals surface area contributed by atoms with Gasteiger partial charge in [-0.25, -0.2) is 0 Å². The van der Waals surface area contributed by atoms with Crippen LogP contribution in [-0.4, -0.2) is 0 Å². The minimum Gasteiger partial charge on any atom is -0.103 e. The van der Waals surface area contributed by atoms with Crippen LogP contribution in [0, 0.1) is 5.92 Å². The van der Waals surface area contributed by atoms with Crippen LogP contribution in [0.3, 0.4) is 0 Å². The summed E-state index contributed by atoms with van der Waals surface area (Å²) in [6.07, 6.45) is 9.92. The van der Waals surface area contributed by atoms with Crippen LogP contribution in [0.2, 0.25) is 0 Å². The molecule has 94 valence electrons. The van der Waals surface area contributed by atoms with Crippen LogP contribution >= 0.6 is 0 Å². The van der Waals surface area contributed by atoms with Crippen molar-refractivity contribution in [3.8, 4) is 0 Å². The number of hydrogen-bond acceptors (Lipinski definition) is 0. The molecular formula is C15H34. The van der Waals surface area contributed by atoms with Gasteiger partial charge in [-0.1, -0.05) is 79.2 Å². The predicted octanol–water partition coefficient (Wildman–Crippen LogP) is 6.22. The van der Waals surface area contributed by atoms with E-state index >= 15 is 0 Å². The first-order chi connectivity index (χ1) is 7.14. The van der Waals surface area contributed by atoms with E-state index in [-0.39, 0.29) is 0 Å². The maximum absolute atomic E-state index is 3.36. The summed E-state index contributed by atoms with van der Waals surface area (Å²) in [5, 5.41) is 0. The van der Waals surface area contributed by atoms with E-state index in [1.165, 1.54) is 38.5 Å². The molecule has 0 rings (SSSR count). The maximum Gasteiger partial charge on any atom is -0.0445 e. The quantitative estimate of drug-likeness (QED) is 0.476. The molecule has 0 nitrogen and oxygen atoms in total. The molecule has 0 saturated heterocycles. The molecule has 0 aromatic heterocycles. The van der Waals surface area contributed by atoms with E-state index in [0.29, 0.717) is 0 Å². The number of allylic oxidation sites excluding steroid dienone is 1. The Morgan fingerprint density at radius 2 is 1.40 bits per heavy atom. The van der Waals surface area contributed by atoms with Crippen molar-refractivity contribution in [2.24, 2.45) is 5.92 Å². The monoisotopic (exact) mass is 214 g/mol. The van der Waals surface area contributed by atoms with Gasteiger partial charge in [0.15, 0.2) is 0 Å². The molecule has 0 aliphatic rings. The summed E-state index contributed by atoms with van der Waals surface area (Å²) in [5.74, 6) is 0.954. The van der Waals surface area contributed by atoms with Gasteiger partial charge in [0.2, 0.25) is 0 Å². The Kier molecular flexibility index (Phi) is 31.6. The Morgan fingerprint density at radius 3 is 1.60 bits per heavy atom. The summed E-state index contributed by atoms with van der Waals surface area (Å²) in [6.45, 7) is 16.5. The van der Waals surface area contributed by atoms with E-state index < -0.39 is 0 Å². The van der Waals surface area contributed by atoms with Gasteiger partial charge in [-0.2, -0.15) is 0 Å². The van der Waals surface area contributed by atoms with E-state index in [1.54, 1.807) is 6.08 Å². The van der Waals surface area contributed by atoms with Crippen molar-refractivity contribution in [2.45, 2.75) is 80.1 Å². The molecule has 0 bridgehead atoms. The van der Waals surface area contributed by atoms with Gasteiger partial charge >= 0.3 is 0 Å². The number of unbranched alkanes of at least 4 members (excludes halogenated alkanes) is 2. The highest BCUT2D eigenvalue weighted by Gasteiger charge is 1.94. The first-order valence-corrected chi connectivity index (χ1v) is 6.71. The lowest BCUT2D eigenvalue weighted by atomic mass is 10.0. The van der Waals surface area contributed by atoms with Crippen LogP contribution in [0.15, 0.2) is 12.7 Å². The molecule has 0 heteroatoms. The highest BCUT2D eigenvalue weighted by molar-refractivity contribution is 4.51. The van der Waals surface area contributed by atoms with Crippen LogP contribution < -0.4 is 0 Å². The molecule has 0 fully saturated rings. The van der Waals surface area contributed by atoms with Gasteiger partial charge < -0.3 is 0 Å². The minimum atomic E-state index is 0.954. The molecule has 0 saturated carbocycles. The Labute approximate surface area is 99.2 Å². The SMILES string of the molecule is C=CC.CCCC.CCCCC(C)CC. The minimum absolute atomic E-state index is 0.954. The van der Waals surface area contributed by atoms with Crippen molar-refractivity contribution in [2.75, 3.05) is 0 Å². The van der Waals surface area contributed by atoms with Crippen LogP contribution in [0.25, 0.3) is 0 Å². The molecule has 0 aliphatic carbocycles.